The van der Waals surface area contributed by atoms with E-state index in [4.69, 9.17) is 9.47 Å². The van der Waals surface area contributed by atoms with Crippen molar-refractivity contribution in [2.75, 3.05) is 13.2 Å². The van der Waals surface area contributed by atoms with Crippen LogP contribution >= 0.6 is 0 Å². The molecule has 3 rings (SSSR count). The molecule has 0 unspecified atom stereocenters. The van der Waals surface area contributed by atoms with E-state index in [-0.39, 0.29) is 18.1 Å². The highest BCUT2D eigenvalue weighted by Gasteiger charge is 2.16. The number of imidazole rings is 1. The molecule has 0 fully saturated rings. The monoisotopic (exact) mass is 344 g/mol. The Morgan fingerprint density at radius 2 is 2.04 bits per heavy atom. The average Bonchev–Trinajstić information content (AvgIpc) is 2.96. The Bertz CT molecular complexity index is 702. The lowest BCUT2D eigenvalue weighted by Crippen LogP contribution is -2.43. The maximum Gasteiger partial charge on any atom is 0.315 e. The van der Waals surface area contributed by atoms with Crippen LogP contribution in [0, 0.1) is 0 Å². The molecule has 134 valence electrons. The fourth-order valence-corrected chi connectivity index (χ4v) is 2.75. The largest absolute Gasteiger partial charge is 0.490 e. The van der Waals surface area contributed by atoms with Gasteiger partial charge in [-0.25, -0.2) is 9.78 Å². The summed E-state index contributed by atoms with van der Waals surface area (Å²) in [6, 6.07) is 5.43. The highest BCUT2D eigenvalue weighted by molar-refractivity contribution is 5.74. The summed E-state index contributed by atoms with van der Waals surface area (Å²) in [5, 5.41) is 5.89. The van der Waals surface area contributed by atoms with Gasteiger partial charge in [0.1, 0.15) is 0 Å². The molecule has 1 aliphatic heterocycles. The van der Waals surface area contributed by atoms with E-state index in [0.29, 0.717) is 19.8 Å². The van der Waals surface area contributed by atoms with Crippen LogP contribution in [0.15, 0.2) is 36.9 Å². The molecular weight excluding hydrogens is 320 g/mol. The summed E-state index contributed by atoms with van der Waals surface area (Å²) in [5.41, 5.74) is 0.974. The van der Waals surface area contributed by atoms with Gasteiger partial charge in [-0.3, -0.25) is 0 Å². The number of hydrogen-bond donors (Lipinski definition) is 2. The summed E-state index contributed by atoms with van der Waals surface area (Å²) in [7, 11) is 0. The van der Waals surface area contributed by atoms with Crippen molar-refractivity contribution >= 4 is 6.03 Å². The van der Waals surface area contributed by atoms with Crippen molar-refractivity contribution in [2.24, 2.45) is 0 Å². The van der Waals surface area contributed by atoms with E-state index in [9.17, 15) is 4.79 Å². The first-order chi connectivity index (χ1) is 12.1. The van der Waals surface area contributed by atoms with Gasteiger partial charge in [-0.2, -0.15) is 0 Å². The first kappa shape index (κ1) is 17.1. The van der Waals surface area contributed by atoms with Crippen molar-refractivity contribution in [3.63, 3.8) is 0 Å². The number of fused-ring (bicyclic) bond motifs is 1. The van der Waals surface area contributed by atoms with Gasteiger partial charge in [0.15, 0.2) is 11.5 Å². The minimum atomic E-state index is -0.202. The second-order valence-electron chi connectivity index (χ2n) is 6.26. The number of amides is 2. The summed E-state index contributed by atoms with van der Waals surface area (Å²) in [5.74, 6) is 1.49. The molecule has 0 saturated heterocycles. The fraction of sp³-hybridized carbons (Fsp3) is 0.444. The maximum atomic E-state index is 12.2. The molecule has 7 heteroatoms. The molecule has 2 amide bonds. The van der Waals surface area contributed by atoms with Crippen LogP contribution in [0.25, 0.3) is 0 Å². The molecule has 0 spiro atoms. The third-order valence-electron chi connectivity index (χ3n) is 4.04. The molecule has 1 aliphatic rings. The number of rotatable bonds is 5. The normalized spacial score (nSPS) is 15.8. The molecule has 1 aromatic carbocycles. The first-order valence-corrected chi connectivity index (χ1v) is 8.54. The molecule has 2 heterocycles. The van der Waals surface area contributed by atoms with E-state index in [2.05, 4.69) is 15.6 Å². The maximum absolute atomic E-state index is 12.2. The first-order valence-electron chi connectivity index (χ1n) is 8.54. The van der Waals surface area contributed by atoms with Crippen molar-refractivity contribution in [1.29, 1.82) is 0 Å². The van der Waals surface area contributed by atoms with Crippen LogP contribution < -0.4 is 20.1 Å². The third-order valence-corrected chi connectivity index (χ3v) is 4.04. The third kappa shape index (κ3) is 4.65. The highest BCUT2D eigenvalue weighted by atomic mass is 16.5. The van der Waals surface area contributed by atoms with Gasteiger partial charge in [-0.05, 0) is 31.5 Å². The zero-order valence-electron chi connectivity index (χ0n) is 14.6. The lowest BCUT2D eigenvalue weighted by Gasteiger charge is -2.19. The highest BCUT2D eigenvalue weighted by Crippen LogP contribution is 2.32. The van der Waals surface area contributed by atoms with Crippen LogP contribution in [0.2, 0.25) is 0 Å². The van der Waals surface area contributed by atoms with Gasteiger partial charge >= 0.3 is 6.03 Å². The molecule has 0 aliphatic carbocycles. The van der Waals surface area contributed by atoms with Gasteiger partial charge in [0.2, 0.25) is 0 Å². The van der Waals surface area contributed by atoms with Gasteiger partial charge in [0.05, 0.1) is 25.6 Å². The summed E-state index contributed by atoms with van der Waals surface area (Å²) in [4.78, 5) is 16.2. The molecule has 2 atom stereocenters. The number of ether oxygens (including phenoxy) is 2. The van der Waals surface area contributed by atoms with Crippen LogP contribution in [0.5, 0.6) is 11.5 Å². The molecule has 2 aromatic rings. The zero-order chi connectivity index (χ0) is 17.6. The molecule has 0 radical (unpaired) electrons. The fourth-order valence-electron chi connectivity index (χ4n) is 2.75. The Kier molecular flexibility index (Phi) is 5.42. The lowest BCUT2D eigenvalue weighted by atomic mass is 10.1. The predicted octanol–water partition coefficient (Wildman–Crippen LogP) is 2.49. The Balaban J connectivity index is 1.55. The van der Waals surface area contributed by atoms with Crippen molar-refractivity contribution in [1.82, 2.24) is 20.2 Å². The van der Waals surface area contributed by atoms with Crippen LogP contribution in [0.1, 0.15) is 31.9 Å². The van der Waals surface area contributed by atoms with Crippen LogP contribution in [0.4, 0.5) is 4.79 Å². The van der Waals surface area contributed by atoms with E-state index in [1.54, 1.807) is 12.5 Å². The van der Waals surface area contributed by atoms with Gasteiger partial charge in [0, 0.05) is 31.4 Å². The SMILES string of the molecule is C[C@H](NC(=O)N[C@@H](C)Cn1ccnc1)c1ccc2c(c1)OCCCO2. The number of carbonyl (C=O) groups excluding carboxylic acids is 1. The number of benzene rings is 1. The van der Waals surface area contributed by atoms with E-state index in [1.807, 2.05) is 42.8 Å². The molecule has 0 bridgehead atoms. The van der Waals surface area contributed by atoms with Crippen LogP contribution in [-0.4, -0.2) is 34.8 Å². The minimum absolute atomic E-state index is 0.00909. The summed E-state index contributed by atoms with van der Waals surface area (Å²) >= 11 is 0. The van der Waals surface area contributed by atoms with Crippen LogP contribution in [0.3, 0.4) is 0 Å². The average molecular weight is 344 g/mol. The van der Waals surface area contributed by atoms with Gasteiger partial charge in [-0.1, -0.05) is 6.07 Å². The number of aromatic nitrogens is 2. The zero-order valence-corrected chi connectivity index (χ0v) is 14.6. The molecule has 1 aromatic heterocycles. The summed E-state index contributed by atoms with van der Waals surface area (Å²) < 4.78 is 13.3. The number of carbonyl (C=O) groups is 1. The standard InChI is InChI=1S/C18H24N4O3/c1-13(11-22-7-6-19-12-22)20-18(23)21-14(2)15-4-5-16-17(10-15)25-9-3-8-24-16/h4-7,10,12-14H,3,8-9,11H2,1-2H3,(H2,20,21,23)/t13-,14-/m0/s1. The topological polar surface area (TPSA) is 77.4 Å². The Morgan fingerprint density at radius 1 is 1.24 bits per heavy atom. The molecular formula is C18H24N4O3. The molecule has 25 heavy (non-hydrogen) atoms. The van der Waals surface area contributed by atoms with Crippen molar-refractivity contribution in [3.8, 4) is 11.5 Å². The Labute approximate surface area is 147 Å². The number of hydrogen-bond acceptors (Lipinski definition) is 4. The number of nitrogens with one attached hydrogen (secondary N) is 2. The molecule has 2 N–H and O–H groups in total. The van der Waals surface area contributed by atoms with Crippen molar-refractivity contribution in [3.05, 3.63) is 42.5 Å². The van der Waals surface area contributed by atoms with Gasteiger partial charge < -0.3 is 24.7 Å². The molecule has 0 saturated carbocycles. The Hall–Kier alpha value is -2.70. The van der Waals surface area contributed by atoms with E-state index < -0.39 is 0 Å². The smallest absolute Gasteiger partial charge is 0.315 e. The summed E-state index contributed by atoms with van der Waals surface area (Å²) in [6.07, 6.45) is 6.20. The van der Waals surface area contributed by atoms with Gasteiger partial charge in [-0.15, -0.1) is 0 Å². The van der Waals surface area contributed by atoms with Crippen molar-refractivity contribution < 1.29 is 14.3 Å². The van der Waals surface area contributed by atoms with E-state index in [0.717, 1.165) is 23.5 Å². The quantitative estimate of drug-likeness (QED) is 0.874. The second-order valence-corrected chi connectivity index (χ2v) is 6.26. The number of urea groups is 1. The summed E-state index contributed by atoms with van der Waals surface area (Å²) in [6.45, 7) is 5.88. The second kappa shape index (κ2) is 7.92. The minimum Gasteiger partial charge on any atom is -0.490 e. The van der Waals surface area contributed by atoms with Crippen LogP contribution in [-0.2, 0) is 6.54 Å². The van der Waals surface area contributed by atoms with E-state index in [1.165, 1.54) is 0 Å². The van der Waals surface area contributed by atoms with E-state index >= 15 is 0 Å². The predicted molar refractivity (Wildman–Crippen MR) is 93.8 cm³/mol. The lowest BCUT2D eigenvalue weighted by molar-refractivity contribution is 0.233. The number of nitrogens with zero attached hydrogens (tertiary/aromatic N) is 2. The van der Waals surface area contributed by atoms with Gasteiger partial charge in [0.25, 0.3) is 0 Å². The molecule has 7 nitrogen and oxygen atoms in total. The van der Waals surface area contributed by atoms with Crippen molar-refractivity contribution in [2.45, 2.75) is 38.9 Å². The Morgan fingerprint density at radius 3 is 2.80 bits per heavy atom.